The number of aliphatic hydroxyl groups is 1. The summed E-state index contributed by atoms with van der Waals surface area (Å²) in [6, 6.07) is 0. The molecule has 0 heterocycles. The molecule has 0 aliphatic heterocycles. The van der Waals surface area contributed by atoms with Gasteiger partial charge in [0.1, 0.15) is 0 Å². The molecule has 0 aromatic rings. The molecular formula is C6H15NO2. The van der Waals surface area contributed by atoms with E-state index in [-0.39, 0.29) is 12.5 Å². The molecule has 0 radical (unpaired) electrons. The van der Waals surface area contributed by atoms with Gasteiger partial charge in [0.15, 0.2) is 0 Å². The topological polar surface area (TPSA) is 55.5 Å². The van der Waals surface area contributed by atoms with Gasteiger partial charge in [-0.1, -0.05) is 13.8 Å². The summed E-state index contributed by atoms with van der Waals surface area (Å²) in [5.41, 5.74) is 0. The van der Waals surface area contributed by atoms with E-state index in [1.165, 1.54) is 0 Å². The van der Waals surface area contributed by atoms with Crippen LogP contribution in [0, 0.1) is 11.8 Å². The maximum atomic E-state index is 8.69. The van der Waals surface area contributed by atoms with Gasteiger partial charge in [-0.25, -0.2) is 5.90 Å². The lowest BCUT2D eigenvalue weighted by Crippen LogP contribution is -2.21. The molecule has 0 aliphatic carbocycles. The first-order valence-corrected chi connectivity index (χ1v) is 3.15. The van der Waals surface area contributed by atoms with Crippen molar-refractivity contribution in [2.75, 3.05) is 13.2 Å². The van der Waals surface area contributed by atoms with Gasteiger partial charge in [-0.2, -0.15) is 0 Å². The average Bonchev–Trinajstić information content (AvgIpc) is 1.82. The van der Waals surface area contributed by atoms with Crippen LogP contribution in [-0.2, 0) is 4.84 Å². The lowest BCUT2D eigenvalue weighted by Gasteiger charge is -2.15. The van der Waals surface area contributed by atoms with E-state index in [9.17, 15) is 0 Å². The summed E-state index contributed by atoms with van der Waals surface area (Å²) in [7, 11) is 0. The van der Waals surface area contributed by atoms with Crippen LogP contribution in [0.5, 0.6) is 0 Å². The van der Waals surface area contributed by atoms with Crippen LogP contribution in [0.15, 0.2) is 0 Å². The van der Waals surface area contributed by atoms with Crippen LogP contribution in [0.25, 0.3) is 0 Å². The third kappa shape index (κ3) is 3.46. The Morgan fingerprint density at radius 1 is 1.56 bits per heavy atom. The van der Waals surface area contributed by atoms with Gasteiger partial charge < -0.3 is 9.94 Å². The second-order valence-electron chi connectivity index (χ2n) is 2.52. The molecule has 0 bridgehead atoms. The molecule has 1 atom stereocenters. The van der Waals surface area contributed by atoms with Crippen LogP contribution in [-0.4, -0.2) is 18.3 Å². The smallest absolute Gasteiger partial charge is 0.0731 e. The first-order chi connectivity index (χ1) is 4.22. The van der Waals surface area contributed by atoms with E-state index in [2.05, 4.69) is 4.84 Å². The molecule has 0 amide bonds. The Morgan fingerprint density at radius 3 is 2.22 bits per heavy atom. The van der Waals surface area contributed by atoms with Gasteiger partial charge in [-0.05, 0) is 5.92 Å². The highest BCUT2D eigenvalue weighted by Gasteiger charge is 2.10. The predicted octanol–water partition coefficient (Wildman–Crippen LogP) is 0.141. The number of hydrogen-bond donors (Lipinski definition) is 2. The molecule has 0 spiro atoms. The fraction of sp³-hybridized carbons (Fsp3) is 1.00. The maximum Gasteiger partial charge on any atom is 0.0731 e. The van der Waals surface area contributed by atoms with Gasteiger partial charge in [0.25, 0.3) is 0 Å². The minimum atomic E-state index is 0.148. The molecule has 3 heteroatoms. The van der Waals surface area contributed by atoms with Crippen molar-refractivity contribution in [3.63, 3.8) is 0 Å². The minimum absolute atomic E-state index is 0.148. The van der Waals surface area contributed by atoms with Gasteiger partial charge in [0.05, 0.1) is 6.61 Å². The van der Waals surface area contributed by atoms with E-state index in [4.69, 9.17) is 11.0 Å². The Balaban J connectivity index is 3.41. The largest absolute Gasteiger partial charge is 0.396 e. The van der Waals surface area contributed by atoms with Crippen LogP contribution in [0.1, 0.15) is 13.8 Å². The molecule has 0 saturated heterocycles. The predicted molar refractivity (Wildman–Crippen MR) is 35.6 cm³/mol. The normalized spacial score (nSPS) is 14.3. The van der Waals surface area contributed by atoms with E-state index in [1.54, 1.807) is 0 Å². The molecule has 9 heavy (non-hydrogen) atoms. The third-order valence-corrected chi connectivity index (χ3v) is 1.49. The van der Waals surface area contributed by atoms with E-state index in [1.807, 2.05) is 13.8 Å². The van der Waals surface area contributed by atoms with Crippen LogP contribution >= 0.6 is 0 Å². The van der Waals surface area contributed by atoms with E-state index < -0.39 is 0 Å². The lowest BCUT2D eigenvalue weighted by atomic mass is 9.98. The number of aliphatic hydroxyl groups excluding tert-OH is 1. The molecule has 3 N–H and O–H groups in total. The maximum absolute atomic E-state index is 8.69. The van der Waals surface area contributed by atoms with Crippen LogP contribution in [0.2, 0.25) is 0 Å². The highest BCUT2D eigenvalue weighted by atomic mass is 16.6. The first-order valence-electron chi connectivity index (χ1n) is 3.15. The Bertz CT molecular complexity index is 66.1. The summed E-state index contributed by atoms with van der Waals surface area (Å²) >= 11 is 0. The van der Waals surface area contributed by atoms with Gasteiger partial charge in [-0.3, -0.25) is 0 Å². The van der Waals surface area contributed by atoms with Crippen LogP contribution in [0.4, 0.5) is 0 Å². The van der Waals surface area contributed by atoms with Gasteiger partial charge >= 0.3 is 0 Å². The summed E-state index contributed by atoms with van der Waals surface area (Å²) in [6.45, 7) is 4.64. The molecular weight excluding hydrogens is 118 g/mol. The summed E-state index contributed by atoms with van der Waals surface area (Å²) in [4.78, 5) is 4.40. The Labute approximate surface area is 55.8 Å². The second kappa shape index (κ2) is 4.73. The highest BCUT2D eigenvalue weighted by Crippen LogP contribution is 2.08. The zero-order valence-electron chi connectivity index (χ0n) is 6.00. The zero-order valence-corrected chi connectivity index (χ0v) is 6.00. The first kappa shape index (κ1) is 8.88. The standard InChI is InChI=1S/C6H15NO2/c1-5(2)6(3-8)4-9-7/h5-6,8H,3-4,7H2,1-2H3. The summed E-state index contributed by atoms with van der Waals surface area (Å²) < 4.78 is 0. The quantitative estimate of drug-likeness (QED) is 0.536. The van der Waals surface area contributed by atoms with Crippen molar-refractivity contribution in [1.29, 1.82) is 0 Å². The van der Waals surface area contributed by atoms with Gasteiger partial charge in [0.2, 0.25) is 0 Å². The monoisotopic (exact) mass is 133 g/mol. The number of nitrogens with two attached hydrogens (primary N) is 1. The van der Waals surface area contributed by atoms with E-state index in [0.29, 0.717) is 12.5 Å². The van der Waals surface area contributed by atoms with E-state index >= 15 is 0 Å². The van der Waals surface area contributed by atoms with Crippen molar-refractivity contribution in [3.8, 4) is 0 Å². The second-order valence-corrected chi connectivity index (χ2v) is 2.52. The lowest BCUT2D eigenvalue weighted by molar-refractivity contribution is 0.0539. The van der Waals surface area contributed by atoms with Crippen molar-refractivity contribution < 1.29 is 9.94 Å². The van der Waals surface area contributed by atoms with Crippen molar-refractivity contribution in [3.05, 3.63) is 0 Å². The van der Waals surface area contributed by atoms with Crippen LogP contribution in [0.3, 0.4) is 0 Å². The molecule has 0 aliphatic rings. The van der Waals surface area contributed by atoms with Crippen molar-refractivity contribution in [2.24, 2.45) is 17.7 Å². The molecule has 1 unspecified atom stereocenters. The molecule has 3 nitrogen and oxygen atoms in total. The highest BCUT2D eigenvalue weighted by molar-refractivity contribution is 4.59. The van der Waals surface area contributed by atoms with Gasteiger partial charge in [-0.15, -0.1) is 0 Å². The molecule has 0 aromatic carbocycles. The van der Waals surface area contributed by atoms with Crippen molar-refractivity contribution >= 4 is 0 Å². The summed E-state index contributed by atoms with van der Waals surface area (Å²) in [5, 5.41) is 8.69. The molecule has 0 fully saturated rings. The fourth-order valence-corrected chi connectivity index (χ4v) is 0.580. The Hall–Kier alpha value is -0.120. The van der Waals surface area contributed by atoms with Crippen molar-refractivity contribution in [1.82, 2.24) is 0 Å². The summed E-state index contributed by atoms with van der Waals surface area (Å²) in [6.07, 6.45) is 0. The van der Waals surface area contributed by atoms with E-state index in [0.717, 1.165) is 0 Å². The fourth-order valence-electron chi connectivity index (χ4n) is 0.580. The zero-order chi connectivity index (χ0) is 7.28. The summed E-state index contributed by atoms with van der Waals surface area (Å²) in [5.74, 6) is 5.44. The number of rotatable bonds is 4. The Kier molecular flexibility index (Phi) is 4.67. The Morgan fingerprint density at radius 2 is 2.11 bits per heavy atom. The molecule has 56 valence electrons. The van der Waals surface area contributed by atoms with Gasteiger partial charge in [0, 0.05) is 12.5 Å². The molecule has 0 saturated carbocycles. The van der Waals surface area contributed by atoms with Crippen LogP contribution < -0.4 is 5.90 Å². The molecule has 0 rings (SSSR count). The van der Waals surface area contributed by atoms with Crippen molar-refractivity contribution in [2.45, 2.75) is 13.8 Å². The minimum Gasteiger partial charge on any atom is -0.396 e. The molecule has 0 aromatic heterocycles. The SMILES string of the molecule is CC(C)C(CO)CON. The average molecular weight is 133 g/mol. The number of hydrogen-bond acceptors (Lipinski definition) is 3. The third-order valence-electron chi connectivity index (χ3n) is 1.49.